The lowest BCUT2D eigenvalue weighted by Crippen LogP contribution is -2.31. The molecule has 0 aromatic heterocycles. The van der Waals surface area contributed by atoms with Gasteiger partial charge in [0.15, 0.2) is 0 Å². The first kappa shape index (κ1) is 20.9. The number of methoxy groups -OCH3 is 1. The lowest BCUT2D eigenvalue weighted by atomic mass is 9.65. The van der Waals surface area contributed by atoms with Crippen molar-refractivity contribution in [1.82, 2.24) is 0 Å². The standard InChI is InChI=1S/C25H42O2/c1-3-4-5-6-19-7-9-20(10-8-19)21-11-13-22(14-12-21)23-15-17-24(18-16-23)25(26)27-2/h3-4,19-24H,5-18H2,1-2H3/t19-,20-,21-,22-,23-,24-. The molecule has 0 spiro atoms. The number of ether oxygens (including phenoxy) is 1. The maximum atomic E-state index is 11.7. The molecular formula is C25H42O2. The molecule has 0 aromatic carbocycles. The lowest BCUT2D eigenvalue weighted by molar-refractivity contribution is -0.147. The van der Waals surface area contributed by atoms with Gasteiger partial charge in [0.1, 0.15) is 0 Å². The van der Waals surface area contributed by atoms with E-state index in [0.29, 0.717) is 0 Å². The smallest absolute Gasteiger partial charge is 0.308 e. The van der Waals surface area contributed by atoms with Gasteiger partial charge in [-0.2, -0.15) is 0 Å². The largest absolute Gasteiger partial charge is 0.469 e. The van der Waals surface area contributed by atoms with E-state index in [4.69, 9.17) is 4.74 Å². The normalized spacial score (nSPS) is 38.0. The predicted octanol–water partition coefficient (Wildman–Crippen LogP) is 6.93. The van der Waals surface area contributed by atoms with E-state index < -0.39 is 0 Å². The maximum absolute atomic E-state index is 11.7. The van der Waals surface area contributed by atoms with Gasteiger partial charge >= 0.3 is 5.97 Å². The first-order valence-electron chi connectivity index (χ1n) is 11.9. The van der Waals surface area contributed by atoms with Crippen LogP contribution < -0.4 is 0 Å². The van der Waals surface area contributed by atoms with Crippen LogP contribution in [-0.2, 0) is 9.53 Å². The van der Waals surface area contributed by atoms with Crippen LogP contribution >= 0.6 is 0 Å². The van der Waals surface area contributed by atoms with E-state index in [1.54, 1.807) is 0 Å². The molecule has 3 rings (SSSR count). The van der Waals surface area contributed by atoms with E-state index in [0.717, 1.165) is 42.4 Å². The van der Waals surface area contributed by atoms with E-state index in [2.05, 4.69) is 19.1 Å². The number of carbonyl (C=O) groups is 1. The Kier molecular flexibility index (Phi) is 8.27. The molecule has 0 amide bonds. The molecule has 0 radical (unpaired) electrons. The van der Waals surface area contributed by atoms with Crippen molar-refractivity contribution >= 4 is 5.97 Å². The molecule has 0 saturated heterocycles. The molecule has 2 heteroatoms. The van der Waals surface area contributed by atoms with Crippen LogP contribution in [0.2, 0.25) is 0 Å². The number of allylic oxidation sites excluding steroid dienone is 2. The van der Waals surface area contributed by atoms with Gasteiger partial charge in [0.05, 0.1) is 13.0 Å². The fraction of sp³-hybridized carbons (Fsp3) is 0.880. The Hall–Kier alpha value is -0.790. The van der Waals surface area contributed by atoms with Crippen molar-refractivity contribution in [3.05, 3.63) is 12.2 Å². The number of carbonyl (C=O) groups excluding carboxylic acids is 1. The lowest BCUT2D eigenvalue weighted by Gasteiger charge is -2.41. The van der Waals surface area contributed by atoms with E-state index in [1.807, 2.05) is 0 Å². The number of esters is 1. The van der Waals surface area contributed by atoms with Crippen LogP contribution in [0.3, 0.4) is 0 Å². The van der Waals surface area contributed by atoms with Crippen LogP contribution in [0.4, 0.5) is 0 Å². The summed E-state index contributed by atoms with van der Waals surface area (Å²) < 4.78 is 4.94. The van der Waals surface area contributed by atoms with Crippen molar-refractivity contribution in [3.63, 3.8) is 0 Å². The molecule has 27 heavy (non-hydrogen) atoms. The van der Waals surface area contributed by atoms with E-state index in [9.17, 15) is 4.79 Å². The van der Waals surface area contributed by atoms with Crippen LogP contribution in [0.25, 0.3) is 0 Å². The fourth-order valence-electron chi connectivity index (χ4n) is 6.53. The number of hydrogen-bond acceptors (Lipinski definition) is 2. The quantitative estimate of drug-likeness (QED) is 0.372. The second-order valence-corrected chi connectivity index (χ2v) is 9.74. The minimum atomic E-state index is 0.0264. The first-order valence-corrected chi connectivity index (χ1v) is 11.9. The zero-order valence-corrected chi connectivity index (χ0v) is 17.8. The molecule has 0 bridgehead atoms. The minimum absolute atomic E-state index is 0.0264. The Labute approximate surface area is 167 Å². The average Bonchev–Trinajstić information content (AvgIpc) is 2.74. The van der Waals surface area contributed by atoms with Crippen molar-refractivity contribution in [2.75, 3.05) is 7.11 Å². The summed E-state index contributed by atoms with van der Waals surface area (Å²) in [5, 5.41) is 0. The summed E-state index contributed by atoms with van der Waals surface area (Å²) in [7, 11) is 1.53. The summed E-state index contributed by atoms with van der Waals surface area (Å²) in [5.41, 5.74) is 0. The molecule has 3 fully saturated rings. The highest BCUT2D eigenvalue weighted by molar-refractivity contribution is 5.72. The summed E-state index contributed by atoms with van der Waals surface area (Å²) >= 11 is 0. The van der Waals surface area contributed by atoms with Gasteiger partial charge in [0.2, 0.25) is 0 Å². The summed E-state index contributed by atoms with van der Waals surface area (Å²) in [6, 6.07) is 0. The maximum Gasteiger partial charge on any atom is 0.308 e. The third kappa shape index (κ3) is 5.84. The van der Waals surface area contributed by atoms with Gasteiger partial charge in [-0.1, -0.05) is 25.0 Å². The van der Waals surface area contributed by atoms with Crippen LogP contribution in [0.1, 0.15) is 96.8 Å². The first-order chi connectivity index (χ1) is 13.2. The third-order valence-corrected chi connectivity index (χ3v) is 8.32. The zero-order chi connectivity index (χ0) is 19.1. The molecule has 2 nitrogen and oxygen atoms in total. The monoisotopic (exact) mass is 374 g/mol. The average molecular weight is 375 g/mol. The van der Waals surface area contributed by atoms with Crippen molar-refractivity contribution < 1.29 is 9.53 Å². The molecular weight excluding hydrogens is 332 g/mol. The molecule has 0 heterocycles. The van der Waals surface area contributed by atoms with Gasteiger partial charge in [0.25, 0.3) is 0 Å². The second kappa shape index (κ2) is 10.7. The SMILES string of the molecule is CC=CCC[C@H]1CC[C@H]([C@H]2CC[C@H]([C@H]3CC[C@H](C(=O)OC)CC3)CC2)CC1. The van der Waals surface area contributed by atoms with Gasteiger partial charge in [-0.3, -0.25) is 4.79 Å². The van der Waals surface area contributed by atoms with Crippen LogP contribution in [0, 0.1) is 35.5 Å². The Morgan fingerprint density at radius 2 is 1.22 bits per heavy atom. The molecule has 3 aliphatic carbocycles. The third-order valence-electron chi connectivity index (χ3n) is 8.32. The fourth-order valence-corrected chi connectivity index (χ4v) is 6.53. The van der Waals surface area contributed by atoms with E-state index in [-0.39, 0.29) is 11.9 Å². The Morgan fingerprint density at radius 3 is 1.67 bits per heavy atom. The highest BCUT2D eigenvalue weighted by Crippen LogP contribution is 2.46. The molecule has 0 aliphatic heterocycles. The molecule has 0 aromatic rings. The molecule has 0 N–H and O–H groups in total. The van der Waals surface area contributed by atoms with Gasteiger partial charge in [-0.05, 0) is 114 Å². The molecule has 0 unspecified atom stereocenters. The van der Waals surface area contributed by atoms with Crippen molar-refractivity contribution in [2.45, 2.75) is 96.8 Å². The summed E-state index contributed by atoms with van der Waals surface area (Å²) in [6.07, 6.45) is 23.7. The number of hydrogen-bond donors (Lipinski definition) is 0. The van der Waals surface area contributed by atoms with Gasteiger partial charge in [-0.15, -0.1) is 0 Å². The Bertz CT molecular complexity index is 459. The van der Waals surface area contributed by atoms with Crippen molar-refractivity contribution in [3.8, 4) is 0 Å². The van der Waals surface area contributed by atoms with Crippen LogP contribution in [-0.4, -0.2) is 13.1 Å². The molecule has 3 aliphatic rings. The molecule has 0 atom stereocenters. The molecule has 3 saturated carbocycles. The van der Waals surface area contributed by atoms with Crippen LogP contribution in [0.5, 0.6) is 0 Å². The van der Waals surface area contributed by atoms with Crippen LogP contribution in [0.15, 0.2) is 12.2 Å². The molecule has 154 valence electrons. The topological polar surface area (TPSA) is 26.3 Å². The van der Waals surface area contributed by atoms with E-state index in [1.165, 1.54) is 84.2 Å². The zero-order valence-electron chi connectivity index (χ0n) is 17.8. The highest BCUT2D eigenvalue weighted by Gasteiger charge is 2.35. The van der Waals surface area contributed by atoms with Gasteiger partial charge in [0, 0.05) is 0 Å². The van der Waals surface area contributed by atoms with Crippen molar-refractivity contribution in [2.24, 2.45) is 35.5 Å². The summed E-state index contributed by atoms with van der Waals surface area (Å²) in [6.45, 7) is 2.14. The predicted molar refractivity (Wildman–Crippen MR) is 112 cm³/mol. The van der Waals surface area contributed by atoms with Crippen molar-refractivity contribution in [1.29, 1.82) is 0 Å². The Balaban J connectivity index is 1.34. The van der Waals surface area contributed by atoms with Gasteiger partial charge in [-0.25, -0.2) is 0 Å². The minimum Gasteiger partial charge on any atom is -0.469 e. The van der Waals surface area contributed by atoms with E-state index >= 15 is 0 Å². The Morgan fingerprint density at radius 1 is 0.778 bits per heavy atom. The van der Waals surface area contributed by atoms with Gasteiger partial charge < -0.3 is 4.74 Å². The summed E-state index contributed by atoms with van der Waals surface area (Å²) in [4.78, 5) is 11.7. The number of rotatable bonds is 6. The summed E-state index contributed by atoms with van der Waals surface area (Å²) in [5.74, 6) is 5.08. The highest BCUT2D eigenvalue weighted by atomic mass is 16.5. The second-order valence-electron chi connectivity index (χ2n) is 9.74.